The van der Waals surface area contributed by atoms with Crippen molar-refractivity contribution in [2.75, 3.05) is 11.9 Å². The molecule has 3 heterocycles. The molecule has 1 N–H and O–H groups in total. The minimum absolute atomic E-state index is 0.0138. The Labute approximate surface area is 173 Å². The van der Waals surface area contributed by atoms with Crippen LogP contribution in [-0.4, -0.2) is 33.4 Å². The van der Waals surface area contributed by atoms with Crippen molar-refractivity contribution in [2.45, 2.75) is 39.2 Å². The quantitative estimate of drug-likeness (QED) is 0.618. The van der Waals surface area contributed by atoms with Crippen LogP contribution >= 0.6 is 11.6 Å². The van der Waals surface area contributed by atoms with E-state index in [1.54, 1.807) is 12.3 Å². The third-order valence-electron chi connectivity index (χ3n) is 5.35. The van der Waals surface area contributed by atoms with E-state index in [4.69, 9.17) is 11.6 Å². The number of aryl methyl sites for hydroxylation is 1. The summed E-state index contributed by atoms with van der Waals surface area (Å²) in [6.45, 7) is 4.69. The molecule has 0 spiro atoms. The number of hydrogen-bond donors (Lipinski definition) is 1. The number of pyridine rings is 2. The van der Waals surface area contributed by atoms with Crippen LogP contribution in [0.25, 0.3) is 11.0 Å². The third kappa shape index (κ3) is 3.90. The molecule has 1 saturated heterocycles. The number of rotatable bonds is 3. The van der Waals surface area contributed by atoms with Gasteiger partial charge in [-0.05, 0) is 63.4 Å². The molecule has 150 valence electrons. The van der Waals surface area contributed by atoms with Crippen molar-refractivity contribution >= 4 is 39.9 Å². The predicted octanol–water partition coefficient (Wildman–Crippen LogP) is 5.49. The van der Waals surface area contributed by atoms with E-state index in [1.807, 2.05) is 24.0 Å². The lowest BCUT2D eigenvalue weighted by molar-refractivity contribution is 0.0636. The van der Waals surface area contributed by atoms with Gasteiger partial charge < -0.3 is 10.2 Å². The Morgan fingerprint density at radius 1 is 1.28 bits per heavy atom. The van der Waals surface area contributed by atoms with Crippen molar-refractivity contribution in [3.63, 3.8) is 0 Å². The van der Waals surface area contributed by atoms with Crippen molar-refractivity contribution in [2.24, 2.45) is 0 Å². The minimum atomic E-state index is -0.493. The van der Waals surface area contributed by atoms with Crippen LogP contribution in [-0.2, 0) is 0 Å². The Morgan fingerprint density at radius 2 is 2.10 bits per heavy atom. The minimum Gasteiger partial charge on any atom is -0.354 e. The molecule has 7 heteroatoms. The van der Waals surface area contributed by atoms with Gasteiger partial charge in [-0.3, -0.25) is 4.79 Å². The first-order chi connectivity index (χ1) is 13.9. The number of carbonyl (C=O) groups excluding carboxylic acids is 1. The van der Waals surface area contributed by atoms with Crippen LogP contribution in [0.15, 0.2) is 36.5 Å². The zero-order valence-corrected chi connectivity index (χ0v) is 17.1. The van der Waals surface area contributed by atoms with E-state index < -0.39 is 5.82 Å². The second-order valence-electron chi connectivity index (χ2n) is 7.47. The molecular weight excluding hydrogens is 391 g/mol. The Bertz CT molecular complexity index is 1090. The van der Waals surface area contributed by atoms with E-state index in [9.17, 15) is 9.18 Å². The van der Waals surface area contributed by atoms with Gasteiger partial charge in [0, 0.05) is 35.6 Å². The highest BCUT2D eigenvalue weighted by atomic mass is 35.5. The molecule has 0 aliphatic carbocycles. The number of fused-ring (bicyclic) bond motifs is 1. The highest BCUT2D eigenvalue weighted by Crippen LogP contribution is 2.32. The normalized spacial score (nSPS) is 16.8. The van der Waals surface area contributed by atoms with Crippen molar-refractivity contribution in [3.05, 3.63) is 58.6 Å². The molecule has 3 aromatic rings. The van der Waals surface area contributed by atoms with E-state index in [-0.39, 0.29) is 17.0 Å². The number of nitrogens with zero attached hydrogens (tertiary/aromatic N) is 3. The molecular formula is C22H22ClFN4O. The Balaban J connectivity index is 1.82. The first kappa shape index (κ1) is 19.6. The number of amides is 1. The van der Waals surface area contributed by atoms with Crippen LogP contribution in [0.4, 0.5) is 15.8 Å². The lowest BCUT2D eigenvalue weighted by atomic mass is 10.0. The summed E-state index contributed by atoms with van der Waals surface area (Å²) in [5, 5.41) is 4.00. The van der Waals surface area contributed by atoms with E-state index in [0.29, 0.717) is 22.6 Å². The maximum absolute atomic E-state index is 13.6. The van der Waals surface area contributed by atoms with Crippen LogP contribution in [0.5, 0.6) is 0 Å². The molecule has 1 aromatic carbocycles. The van der Waals surface area contributed by atoms with Crippen molar-refractivity contribution in [1.29, 1.82) is 0 Å². The van der Waals surface area contributed by atoms with Gasteiger partial charge in [-0.25, -0.2) is 14.4 Å². The molecule has 1 atom stereocenters. The van der Waals surface area contributed by atoms with Gasteiger partial charge in [0.15, 0.2) is 5.65 Å². The third-order valence-corrected chi connectivity index (χ3v) is 5.64. The second-order valence-corrected chi connectivity index (χ2v) is 7.88. The van der Waals surface area contributed by atoms with Gasteiger partial charge in [-0.2, -0.15) is 0 Å². The van der Waals surface area contributed by atoms with Crippen LogP contribution in [0.3, 0.4) is 0 Å². The number of likely N-dealkylation sites (tertiary alicyclic amines) is 1. The lowest BCUT2D eigenvalue weighted by Crippen LogP contribution is -2.42. The summed E-state index contributed by atoms with van der Waals surface area (Å²) in [6.07, 6.45) is 4.69. The first-order valence-electron chi connectivity index (χ1n) is 9.73. The SMILES string of the molecule is Cc1ccc2c(Nc3ccc(F)c(Cl)c3)c(C(=O)N3CCCC[C@@H]3C)cnc2n1. The van der Waals surface area contributed by atoms with Crippen LogP contribution in [0.1, 0.15) is 42.2 Å². The molecule has 4 rings (SSSR count). The average Bonchev–Trinajstić information content (AvgIpc) is 2.70. The van der Waals surface area contributed by atoms with E-state index in [2.05, 4.69) is 22.2 Å². The number of anilines is 2. The van der Waals surface area contributed by atoms with Gasteiger partial charge >= 0.3 is 0 Å². The van der Waals surface area contributed by atoms with E-state index in [1.165, 1.54) is 12.1 Å². The number of carbonyl (C=O) groups is 1. The molecule has 0 unspecified atom stereocenters. The average molecular weight is 413 g/mol. The summed E-state index contributed by atoms with van der Waals surface area (Å²) in [5.74, 6) is -0.560. The van der Waals surface area contributed by atoms with Gasteiger partial charge in [-0.15, -0.1) is 0 Å². The highest BCUT2D eigenvalue weighted by molar-refractivity contribution is 6.31. The summed E-state index contributed by atoms with van der Waals surface area (Å²) >= 11 is 5.95. The van der Waals surface area contributed by atoms with Gasteiger partial charge in [0.2, 0.25) is 0 Å². The van der Waals surface area contributed by atoms with E-state index >= 15 is 0 Å². The summed E-state index contributed by atoms with van der Waals surface area (Å²) < 4.78 is 13.6. The van der Waals surface area contributed by atoms with Gasteiger partial charge in [0.1, 0.15) is 5.82 Å². The van der Waals surface area contributed by atoms with Gasteiger partial charge in [0.05, 0.1) is 16.3 Å². The summed E-state index contributed by atoms with van der Waals surface area (Å²) in [4.78, 5) is 24.2. The number of benzene rings is 1. The molecule has 0 saturated carbocycles. The van der Waals surface area contributed by atoms with Crippen LogP contribution < -0.4 is 5.32 Å². The zero-order chi connectivity index (χ0) is 20.5. The van der Waals surface area contributed by atoms with E-state index in [0.717, 1.165) is 36.9 Å². The maximum Gasteiger partial charge on any atom is 0.257 e. The number of halogens is 2. The lowest BCUT2D eigenvalue weighted by Gasteiger charge is -2.34. The smallest absolute Gasteiger partial charge is 0.257 e. The Kier molecular flexibility index (Phi) is 5.37. The summed E-state index contributed by atoms with van der Waals surface area (Å²) in [5.41, 5.74) is 3.05. The van der Waals surface area contributed by atoms with Gasteiger partial charge in [-0.1, -0.05) is 11.6 Å². The fourth-order valence-electron chi connectivity index (χ4n) is 3.74. The molecule has 1 amide bonds. The van der Waals surface area contributed by atoms with Gasteiger partial charge in [0.25, 0.3) is 5.91 Å². The highest BCUT2D eigenvalue weighted by Gasteiger charge is 2.27. The number of hydrogen-bond acceptors (Lipinski definition) is 4. The maximum atomic E-state index is 13.6. The van der Waals surface area contributed by atoms with Crippen molar-refractivity contribution in [3.8, 4) is 0 Å². The predicted molar refractivity (Wildman–Crippen MR) is 113 cm³/mol. The molecule has 1 aliphatic heterocycles. The second kappa shape index (κ2) is 7.95. The summed E-state index contributed by atoms with van der Waals surface area (Å²) in [6, 6.07) is 8.34. The molecule has 5 nitrogen and oxygen atoms in total. The number of nitrogens with one attached hydrogen (secondary N) is 1. The van der Waals surface area contributed by atoms with Crippen LogP contribution in [0, 0.1) is 12.7 Å². The molecule has 1 aliphatic rings. The fourth-order valence-corrected chi connectivity index (χ4v) is 3.92. The number of aromatic nitrogens is 2. The topological polar surface area (TPSA) is 58.1 Å². The standard InChI is InChI=1S/C22H22ClFN4O/c1-13-6-8-16-20(27-15-7-9-19(24)18(23)11-15)17(12-25-21(16)26-13)22(29)28-10-4-3-5-14(28)2/h6-9,11-12,14H,3-5,10H2,1-2H3,(H,25,26,27)/t14-/m0/s1. The number of piperidine rings is 1. The molecule has 1 fully saturated rings. The van der Waals surface area contributed by atoms with Crippen LogP contribution in [0.2, 0.25) is 5.02 Å². The van der Waals surface area contributed by atoms with Crippen molar-refractivity contribution < 1.29 is 9.18 Å². The Morgan fingerprint density at radius 3 is 2.86 bits per heavy atom. The first-order valence-corrected chi connectivity index (χ1v) is 10.1. The molecule has 0 radical (unpaired) electrons. The molecule has 0 bridgehead atoms. The summed E-state index contributed by atoms with van der Waals surface area (Å²) in [7, 11) is 0. The largest absolute Gasteiger partial charge is 0.354 e. The van der Waals surface area contributed by atoms with Crippen molar-refractivity contribution in [1.82, 2.24) is 14.9 Å². The monoisotopic (exact) mass is 412 g/mol. The molecule has 2 aromatic heterocycles. The fraction of sp³-hybridized carbons (Fsp3) is 0.318. The zero-order valence-electron chi connectivity index (χ0n) is 16.4. The Hall–Kier alpha value is -2.73. The molecule has 29 heavy (non-hydrogen) atoms.